The summed E-state index contributed by atoms with van der Waals surface area (Å²) in [6.07, 6.45) is 4.10. The van der Waals surface area contributed by atoms with Crippen LogP contribution >= 0.6 is 0 Å². The lowest BCUT2D eigenvalue weighted by molar-refractivity contribution is 0.0816. The molecular formula is C28H33N3O4. The number of hydrogen-bond donors (Lipinski definition) is 3. The van der Waals surface area contributed by atoms with E-state index in [2.05, 4.69) is 19.2 Å². The summed E-state index contributed by atoms with van der Waals surface area (Å²) in [4.78, 5) is 25.5. The standard InChI is InChI=1S/C28H33N3O4/c1-28(2)14-24-26(21-13-19(35-3)9-11-23(21)31(24)25(33)15-28)16-4-10-20(27(29)34)22(12-16)30-17-5-7-18(32)8-6-17/h4,9-13,17-18,30,32H,5-8,14-15H2,1-3H3,(H2,29,34). The smallest absolute Gasteiger partial charge is 0.250 e. The number of carbonyl (C=O) groups is 2. The van der Waals surface area contributed by atoms with E-state index in [0.29, 0.717) is 17.7 Å². The molecule has 1 amide bonds. The molecule has 35 heavy (non-hydrogen) atoms. The number of primary amides is 1. The minimum Gasteiger partial charge on any atom is -0.497 e. The number of carbonyl (C=O) groups excluding carboxylic acids is 2. The van der Waals surface area contributed by atoms with Gasteiger partial charge in [0.2, 0.25) is 5.91 Å². The number of benzene rings is 2. The van der Waals surface area contributed by atoms with Crippen LogP contribution in [0.25, 0.3) is 22.0 Å². The highest BCUT2D eigenvalue weighted by Crippen LogP contribution is 2.44. The average Bonchev–Trinajstić information content (AvgIpc) is 3.12. The van der Waals surface area contributed by atoms with Crippen LogP contribution in [0, 0.1) is 5.41 Å². The van der Waals surface area contributed by atoms with Crippen LogP contribution < -0.4 is 15.8 Å². The molecule has 2 heterocycles. The number of nitrogens with two attached hydrogens (primary N) is 1. The Labute approximate surface area is 205 Å². The second-order valence-electron chi connectivity index (χ2n) is 10.7. The van der Waals surface area contributed by atoms with Crippen molar-refractivity contribution in [3.63, 3.8) is 0 Å². The molecule has 0 unspecified atom stereocenters. The van der Waals surface area contributed by atoms with E-state index in [1.165, 1.54) is 0 Å². The van der Waals surface area contributed by atoms with Gasteiger partial charge >= 0.3 is 0 Å². The van der Waals surface area contributed by atoms with Crippen LogP contribution in [0.15, 0.2) is 36.4 Å². The molecule has 7 heteroatoms. The number of ether oxygens (including phenoxy) is 1. The van der Waals surface area contributed by atoms with E-state index in [0.717, 1.165) is 65.6 Å². The summed E-state index contributed by atoms with van der Waals surface area (Å²) in [6, 6.07) is 11.6. The van der Waals surface area contributed by atoms with Gasteiger partial charge in [0.1, 0.15) is 5.75 Å². The van der Waals surface area contributed by atoms with E-state index in [4.69, 9.17) is 10.5 Å². The molecule has 3 aromatic rings. The lowest BCUT2D eigenvalue weighted by atomic mass is 9.80. The van der Waals surface area contributed by atoms with Gasteiger partial charge in [0, 0.05) is 34.8 Å². The van der Waals surface area contributed by atoms with Crippen molar-refractivity contribution in [2.45, 2.75) is 64.5 Å². The molecule has 0 bridgehead atoms. The van der Waals surface area contributed by atoms with Gasteiger partial charge in [0.15, 0.2) is 0 Å². The summed E-state index contributed by atoms with van der Waals surface area (Å²) < 4.78 is 7.36. The first-order valence-corrected chi connectivity index (χ1v) is 12.3. The lowest BCUT2D eigenvalue weighted by Gasteiger charge is -2.31. The van der Waals surface area contributed by atoms with Crippen molar-refractivity contribution in [2.75, 3.05) is 12.4 Å². The van der Waals surface area contributed by atoms with Crippen LogP contribution in [0.4, 0.5) is 5.69 Å². The number of fused-ring (bicyclic) bond motifs is 3. The summed E-state index contributed by atoms with van der Waals surface area (Å²) in [5, 5.41) is 14.3. The Morgan fingerprint density at radius 3 is 2.54 bits per heavy atom. The van der Waals surface area contributed by atoms with Gasteiger partial charge in [-0.15, -0.1) is 0 Å². The molecule has 5 rings (SSSR count). The fraction of sp³-hybridized carbons (Fsp3) is 0.429. The summed E-state index contributed by atoms with van der Waals surface area (Å²) in [5.74, 6) is 0.323. The molecule has 1 saturated carbocycles. The summed E-state index contributed by atoms with van der Waals surface area (Å²) >= 11 is 0. The minimum absolute atomic E-state index is 0.0885. The van der Waals surface area contributed by atoms with Crippen molar-refractivity contribution >= 4 is 28.4 Å². The van der Waals surface area contributed by atoms with Crippen LogP contribution in [0.3, 0.4) is 0 Å². The molecule has 7 nitrogen and oxygen atoms in total. The molecule has 0 spiro atoms. The Morgan fingerprint density at radius 1 is 1.11 bits per heavy atom. The number of aromatic nitrogens is 1. The largest absolute Gasteiger partial charge is 0.497 e. The number of amides is 1. The Morgan fingerprint density at radius 2 is 1.86 bits per heavy atom. The van der Waals surface area contributed by atoms with Gasteiger partial charge in [-0.2, -0.15) is 0 Å². The SMILES string of the molecule is COc1ccc2c(c1)c(-c1ccc(C(N)=O)c(NC3CCC(O)CC3)c1)c1n2C(=O)CC(C)(C)C1. The lowest BCUT2D eigenvalue weighted by Crippen LogP contribution is -2.31. The van der Waals surface area contributed by atoms with Crippen LogP contribution in [-0.2, 0) is 6.42 Å². The zero-order valence-corrected chi connectivity index (χ0v) is 20.6. The van der Waals surface area contributed by atoms with Crippen LogP contribution in [0.2, 0.25) is 0 Å². The maximum Gasteiger partial charge on any atom is 0.250 e. The molecule has 1 fully saturated rings. The fourth-order valence-corrected chi connectivity index (χ4v) is 5.70. The van der Waals surface area contributed by atoms with Crippen LogP contribution in [0.1, 0.15) is 66.8 Å². The summed E-state index contributed by atoms with van der Waals surface area (Å²) in [5.41, 5.74) is 10.4. The maximum absolute atomic E-state index is 13.3. The molecular weight excluding hydrogens is 442 g/mol. The molecule has 184 valence electrons. The van der Waals surface area contributed by atoms with Gasteiger partial charge < -0.3 is 20.9 Å². The monoisotopic (exact) mass is 475 g/mol. The zero-order valence-electron chi connectivity index (χ0n) is 20.6. The van der Waals surface area contributed by atoms with Gasteiger partial charge in [0.05, 0.1) is 24.3 Å². The molecule has 4 N–H and O–H groups in total. The highest BCUT2D eigenvalue weighted by molar-refractivity contribution is 6.06. The van der Waals surface area contributed by atoms with E-state index in [1.54, 1.807) is 13.2 Å². The van der Waals surface area contributed by atoms with E-state index in [1.807, 2.05) is 34.9 Å². The van der Waals surface area contributed by atoms with Gasteiger partial charge in [-0.05, 0) is 73.4 Å². The highest BCUT2D eigenvalue weighted by atomic mass is 16.5. The van der Waals surface area contributed by atoms with E-state index in [9.17, 15) is 14.7 Å². The first-order valence-electron chi connectivity index (χ1n) is 12.3. The van der Waals surface area contributed by atoms with E-state index >= 15 is 0 Å². The quantitative estimate of drug-likeness (QED) is 0.494. The Bertz CT molecular complexity index is 1320. The van der Waals surface area contributed by atoms with Crippen LogP contribution in [0.5, 0.6) is 5.75 Å². The van der Waals surface area contributed by atoms with Crippen molar-refractivity contribution < 1.29 is 19.4 Å². The molecule has 1 aliphatic heterocycles. The maximum atomic E-state index is 13.3. The number of nitrogens with one attached hydrogen (secondary N) is 1. The molecule has 2 aromatic carbocycles. The number of methoxy groups -OCH3 is 1. The van der Waals surface area contributed by atoms with E-state index < -0.39 is 5.91 Å². The number of aliphatic hydroxyl groups excluding tert-OH is 1. The van der Waals surface area contributed by atoms with Crippen molar-refractivity contribution in [2.24, 2.45) is 11.1 Å². The average molecular weight is 476 g/mol. The first kappa shape index (κ1) is 23.4. The second-order valence-corrected chi connectivity index (χ2v) is 10.7. The molecule has 0 atom stereocenters. The normalized spacial score (nSPS) is 21.5. The Balaban J connectivity index is 1.68. The number of aliphatic hydroxyl groups is 1. The predicted molar refractivity (Wildman–Crippen MR) is 137 cm³/mol. The Hall–Kier alpha value is -3.32. The first-order chi connectivity index (χ1) is 16.7. The van der Waals surface area contributed by atoms with Crippen molar-refractivity contribution in [3.8, 4) is 16.9 Å². The van der Waals surface area contributed by atoms with Crippen molar-refractivity contribution in [3.05, 3.63) is 47.7 Å². The third-order valence-electron chi connectivity index (χ3n) is 7.43. The third kappa shape index (κ3) is 4.29. The van der Waals surface area contributed by atoms with Gasteiger partial charge in [-0.1, -0.05) is 19.9 Å². The van der Waals surface area contributed by atoms with Crippen molar-refractivity contribution in [1.29, 1.82) is 0 Å². The molecule has 1 aliphatic carbocycles. The number of anilines is 1. The zero-order chi connectivity index (χ0) is 24.9. The van der Waals surface area contributed by atoms with Crippen molar-refractivity contribution in [1.82, 2.24) is 4.57 Å². The molecule has 0 radical (unpaired) electrons. The third-order valence-corrected chi connectivity index (χ3v) is 7.43. The van der Waals surface area contributed by atoms with Crippen LogP contribution in [-0.4, -0.2) is 40.7 Å². The van der Waals surface area contributed by atoms with Gasteiger partial charge in [0.25, 0.3) is 5.91 Å². The fourth-order valence-electron chi connectivity index (χ4n) is 5.70. The summed E-state index contributed by atoms with van der Waals surface area (Å²) in [6.45, 7) is 4.24. The topological polar surface area (TPSA) is 107 Å². The molecule has 2 aliphatic rings. The molecule has 0 saturated heterocycles. The van der Waals surface area contributed by atoms with E-state index in [-0.39, 0.29) is 23.5 Å². The highest BCUT2D eigenvalue weighted by Gasteiger charge is 2.35. The summed E-state index contributed by atoms with van der Waals surface area (Å²) in [7, 11) is 1.63. The number of hydrogen-bond acceptors (Lipinski definition) is 5. The molecule has 1 aromatic heterocycles. The predicted octanol–water partition coefficient (Wildman–Crippen LogP) is 4.74. The second kappa shape index (κ2) is 8.72. The number of rotatable bonds is 5. The van der Waals surface area contributed by atoms with Gasteiger partial charge in [-0.3, -0.25) is 14.2 Å². The minimum atomic E-state index is -0.489. The number of nitrogens with zero attached hydrogens (tertiary/aromatic N) is 1. The Kier molecular flexibility index (Phi) is 5.83. The van der Waals surface area contributed by atoms with Gasteiger partial charge in [-0.25, -0.2) is 0 Å².